The summed E-state index contributed by atoms with van der Waals surface area (Å²) >= 11 is 3.72. The van der Waals surface area contributed by atoms with Crippen molar-refractivity contribution in [1.29, 1.82) is 0 Å². The number of thioether (sulfide) groups is 1. The van der Waals surface area contributed by atoms with Gasteiger partial charge in [-0.25, -0.2) is 0 Å². The van der Waals surface area contributed by atoms with E-state index in [2.05, 4.69) is 22.6 Å². The minimum Gasteiger partial charge on any atom is -0.259 e. The van der Waals surface area contributed by atoms with Crippen LogP contribution in [0.25, 0.3) is 4.91 Å². The van der Waals surface area contributed by atoms with Gasteiger partial charge < -0.3 is 0 Å². The summed E-state index contributed by atoms with van der Waals surface area (Å²) in [5.41, 5.74) is 2.28. The monoisotopic (exact) mass is 421 g/mol. The fourth-order valence-corrected chi connectivity index (χ4v) is 4.58. The highest BCUT2D eigenvalue weighted by Gasteiger charge is 2.33. The normalized spacial score (nSPS) is 18.0. The molecule has 0 saturated carbocycles. The van der Waals surface area contributed by atoms with Crippen LogP contribution >= 0.6 is 34.4 Å². The van der Waals surface area contributed by atoms with E-state index in [0.29, 0.717) is 0 Å². The number of nitrogens with zero attached hydrogens (tertiary/aromatic N) is 1. The lowest BCUT2D eigenvalue weighted by molar-refractivity contribution is -0.427. The SMILES string of the molecule is O=[N+]([O-])C1=CC(I)=C(c2ccccc2)SC1c1ccccc1. The molecular formula is C17H12INO2S. The van der Waals surface area contributed by atoms with Crippen molar-refractivity contribution < 1.29 is 4.92 Å². The van der Waals surface area contributed by atoms with Gasteiger partial charge in [0.1, 0.15) is 5.25 Å². The average molecular weight is 421 g/mol. The smallest absolute Gasteiger partial charge is 0.259 e. The van der Waals surface area contributed by atoms with Crippen LogP contribution in [0.4, 0.5) is 0 Å². The fourth-order valence-electron chi connectivity index (χ4n) is 2.32. The number of rotatable bonds is 3. The zero-order valence-corrected chi connectivity index (χ0v) is 14.5. The Morgan fingerprint density at radius 1 is 1.00 bits per heavy atom. The summed E-state index contributed by atoms with van der Waals surface area (Å²) in [7, 11) is 0. The highest BCUT2D eigenvalue weighted by molar-refractivity contribution is 14.1. The highest BCUT2D eigenvalue weighted by Crippen LogP contribution is 2.50. The van der Waals surface area contributed by atoms with Gasteiger partial charge in [0.25, 0.3) is 5.70 Å². The molecule has 5 heteroatoms. The van der Waals surface area contributed by atoms with Crippen LogP contribution in [0.15, 0.2) is 76.0 Å². The molecule has 3 nitrogen and oxygen atoms in total. The molecule has 0 saturated heterocycles. The number of allylic oxidation sites excluding steroid dienone is 2. The van der Waals surface area contributed by atoms with Gasteiger partial charge in [0.15, 0.2) is 0 Å². The standard InChI is InChI=1S/C17H12INO2S/c18-14-11-15(19(20)21)17(13-9-5-2-6-10-13)22-16(14)12-7-3-1-4-8-12/h1-11,17H. The lowest BCUT2D eigenvalue weighted by Gasteiger charge is -2.21. The first kappa shape index (κ1) is 15.3. The molecule has 1 aliphatic rings. The number of nitro groups is 1. The molecule has 0 aliphatic carbocycles. The minimum absolute atomic E-state index is 0.236. The molecule has 0 aromatic heterocycles. The minimum atomic E-state index is -0.287. The molecule has 1 aliphatic heterocycles. The van der Waals surface area contributed by atoms with Crippen LogP contribution < -0.4 is 0 Å². The maximum Gasteiger partial charge on any atom is 0.264 e. The second-order valence-electron chi connectivity index (χ2n) is 4.78. The Morgan fingerprint density at radius 2 is 1.59 bits per heavy atom. The van der Waals surface area contributed by atoms with E-state index in [0.717, 1.165) is 19.6 Å². The zero-order valence-electron chi connectivity index (χ0n) is 11.5. The Balaban J connectivity index is 2.07. The molecule has 0 bridgehead atoms. The Bertz CT molecular complexity index is 757. The van der Waals surface area contributed by atoms with Crippen molar-refractivity contribution in [2.24, 2.45) is 0 Å². The zero-order chi connectivity index (χ0) is 15.5. The Morgan fingerprint density at radius 3 is 2.18 bits per heavy atom. The van der Waals surface area contributed by atoms with Crippen molar-refractivity contribution in [3.63, 3.8) is 0 Å². The molecule has 1 atom stereocenters. The van der Waals surface area contributed by atoms with Gasteiger partial charge >= 0.3 is 0 Å². The van der Waals surface area contributed by atoms with Crippen molar-refractivity contribution in [2.75, 3.05) is 0 Å². The topological polar surface area (TPSA) is 43.1 Å². The van der Waals surface area contributed by atoms with Gasteiger partial charge in [0.05, 0.1) is 4.92 Å². The predicted octanol–water partition coefficient (Wildman–Crippen LogP) is 5.44. The van der Waals surface area contributed by atoms with Gasteiger partial charge in [-0.15, -0.1) is 11.8 Å². The molecule has 3 rings (SSSR count). The van der Waals surface area contributed by atoms with Crippen molar-refractivity contribution in [1.82, 2.24) is 0 Å². The van der Waals surface area contributed by atoms with Crippen molar-refractivity contribution in [2.45, 2.75) is 5.25 Å². The lowest BCUT2D eigenvalue weighted by Crippen LogP contribution is -2.11. The third-order valence-corrected chi connectivity index (χ3v) is 6.00. The van der Waals surface area contributed by atoms with Gasteiger partial charge in [-0.05, 0) is 33.7 Å². The highest BCUT2D eigenvalue weighted by atomic mass is 127. The molecule has 0 amide bonds. The van der Waals surface area contributed by atoms with E-state index in [-0.39, 0.29) is 15.9 Å². The predicted molar refractivity (Wildman–Crippen MR) is 99.2 cm³/mol. The van der Waals surface area contributed by atoms with E-state index in [9.17, 15) is 10.1 Å². The molecule has 0 fully saturated rings. The number of halogens is 1. The van der Waals surface area contributed by atoms with Crippen LogP contribution in [0.2, 0.25) is 0 Å². The van der Waals surface area contributed by atoms with Crippen LogP contribution in [-0.2, 0) is 0 Å². The Labute approximate surface area is 146 Å². The van der Waals surface area contributed by atoms with Crippen molar-refractivity contribution >= 4 is 39.3 Å². The molecule has 1 heterocycles. The fraction of sp³-hybridized carbons (Fsp3) is 0.0588. The van der Waals surface area contributed by atoms with Crippen LogP contribution in [0.3, 0.4) is 0 Å². The average Bonchev–Trinajstić information content (AvgIpc) is 2.56. The molecule has 0 radical (unpaired) electrons. The molecule has 22 heavy (non-hydrogen) atoms. The van der Waals surface area contributed by atoms with Crippen LogP contribution in [0.5, 0.6) is 0 Å². The second-order valence-corrected chi connectivity index (χ2v) is 7.06. The summed E-state index contributed by atoms with van der Waals surface area (Å²) in [5.74, 6) is 0. The lowest BCUT2D eigenvalue weighted by atomic mass is 10.1. The van der Waals surface area contributed by atoms with Crippen LogP contribution in [-0.4, -0.2) is 4.92 Å². The first-order chi connectivity index (χ1) is 10.7. The summed E-state index contributed by atoms with van der Waals surface area (Å²) in [6.45, 7) is 0. The summed E-state index contributed by atoms with van der Waals surface area (Å²) in [5, 5.41) is 11.1. The maximum atomic E-state index is 11.4. The van der Waals surface area contributed by atoms with E-state index in [1.807, 2.05) is 60.7 Å². The van der Waals surface area contributed by atoms with Crippen LogP contribution in [0.1, 0.15) is 16.4 Å². The molecular weight excluding hydrogens is 409 g/mol. The molecule has 0 spiro atoms. The number of hydrogen-bond acceptors (Lipinski definition) is 3. The summed E-state index contributed by atoms with van der Waals surface area (Å²) in [6, 6.07) is 19.6. The second kappa shape index (κ2) is 6.66. The van der Waals surface area contributed by atoms with Gasteiger partial charge in [0.2, 0.25) is 0 Å². The van der Waals surface area contributed by atoms with E-state index < -0.39 is 0 Å². The molecule has 0 N–H and O–H groups in total. The van der Waals surface area contributed by atoms with Gasteiger partial charge in [0, 0.05) is 14.6 Å². The first-order valence-corrected chi connectivity index (χ1v) is 8.65. The maximum absolute atomic E-state index is 11.4. The van der Waals surface area contributed by atoms with E-state index >= 15 is 0 Å². The van der Waals surface area contributed by atoms with Gasteiger partial charge in [-0.2, -0.15) is 0 Å². The van der Waals surface area contributed by atoms with Gasteiger partial charge in [-0.3, -0.25) is 10.1 Å². The largest absolute Gasteiger partial charge is 0.264 e. The Hall–Kier alpha value is -1.60. The van der Waals surface area contributed by atoms with Crippen molar-refractivity contribution in [3.8, 4) is 0 Å². The van der Waals surface area contributed by atoms with E-state index in [4.69, 9.17) is 0 Å². The molecule has 110 valence electrons. The van der Waals surface area contributed by atoms with Crippen molar-refractivity contribution in [3.05, 3.63) is 97.3 Å². The molecule has 2 aromatic carbocycles. The quantitative estimate of drug-likeness (QED) is 0.377. The third-order valence-electron chi connectivity index (χ3n) is 3.34. The van der Waals surface area contributed by atoms with Crippen LogP contribution in [0, 0.1) is 10.1 Å². The third kappa shape index (κ3) is 3.10. The molecule has 1 unspecified atom stereocenters. The first-order valence-electron chi connectivity index (χ1n) is 6.69. The summed E-state index contributed by atoms with van der Waals surface area (Å²) in [4.78, 5) is 12.2. The van der Waals surface area contributed by atoms with E-state index in [1.54, 1.807) is 17.8 Å². The molecule has 2 aromatic rings. The Kier molecular flexibility index (Phi) is 4.63. The van der Waals surface area contributed by atoms with Gasteiger partial charge in [-0.1, -0.05) is 60.7 Å². The number of hydrogen-bond donors (Lipinski definition) is 0. The number of benzene rings is 2. The summed E-state index contributed by atoms with van der Waals surface area (Å²) in [6.07, 6.45) is 1.69. The van der Waals surface area contributed by atoms with E-state index in [1.165, 1.54) is 0 Å². The summed E-state index contributed by atoms with van der Waals surface area (Å²) < 4.78 is 0.910.